The lowest BCUT2D eigenvalue weighted by atomic mass is 9.90. The summed E-state index contributed by atoms with van der Waals surface area (Å²) in [6, 6.07) is 0. The molecule has 140 valence electrons. The second-order valence-electron chi connectivity index (χ2n) is 8.04. The summed E-state index contributed by atoms with van der Waals surface area (Å²) in [6.45, 7) is 8.14. The van der Waals surface area contributed by atoms with Gasteiger partial charge in [0.1, 0.15) is 0 Å². The minimum atomic E-state index is -0.559. The summed E-state index contributed by atoms with van der Waals surface area (Å²) in [6.07, 6.45) is 1.61. The van der Waals surface area contributed by atoms with Crippen LogP contribution in [-0.2, 0) is 9.59 Å². The van der Waals surface area contributed by atoms with Gasteiger partial charge in [-0.3, -0.25) is 9.59 Å². The van der Waals surface area contributed by atoms with Crippen LogP contribution in [0.1, 0.15) is 12.8 Å². The van der Waals surface area contributed by atoms with Gasteiger partial charge in [-0.2, -0.15) is 0 Å². The van der Waals surface area contributed by atoms with Crippen molar-refractivity contribution in [1.82, 2.24) is 15.1 Å². The number of rotatable bonds is 5. The molecule has 0 radical (unpaired) electrons. The maximum Gasteiger partial charge on any atom is 0.340 e. The topological polar surface area (TPSA) is 82.1 Å². The smallest absolute Gasteiger partial charge is 0.340 e. The second-order valence-corrected chi connectivity index (χ2v) is 8.04. The fourth-order valence-corrected chi connectivity index (χ4v) is 4.39. The average molecular weight is 352 g/mol. The summed E-state index contributed by atoms with van der Waals surface area (Å²) in [5, 5.41) is 5.88. The molecule has 0 atom stereocenters. The first-order valence-electron chi connectivity index (χ1n) is 9.41. The lowest BCUT2D eigenvalue weighted by Crippen LogP contribution is -2.62. The van der Waals surface area contributed by atoms with Gasteiger partial charge in [-0.25, -0.2) is 0 Å². The number of hydrogen-bond donors (Lipinski definition) is 1. The van der Waals surface area contributed by atoms with Crippen molar-refractivity contribution in [1.29, 1.82) is 0 Å². The van der Waals surface area contributed by atoms with E-state index in [1.54, 1.807) is 0 Å². The first-order chi connectivity index (χ1) is 12.0. The minimum absolute atomic E-state index is 0.0634. The zero-order valence-electron chi connectivity index (χ0n) is 15.2. The molecule has 8 nitrogen and oxygen atoms in total. The number of carbonyl (C=O) groups is 2. The van der Waals surface area contributed by atoms with Crippen molar-refractivity contribution in [2.24, 2.45) is 17.0 Å². The zero-order valence-corrected chi connectivity index (χ0v) is 15.2. The van der Waals surface area contributed by atoms with Gasteiger partial charge in [0.2, 0.25) is 5.91 Å². The molecule has 0 spiro atoms. The zero-order chi connectivity index (χ0) is 17.9. The molecule has 1 N–H and O–H groups in total. The van der Waals surface area contributed by atoms with E-state index in [2.05, 4.69) is 22.4 Å². The Morgan fingerprint density at radius 2 is 1.76 bits per heavy atom. The predicted molar refractivity (Wildman–Crippen MR) is 93.7 cm³/mol. The van der Waals surface area contributed by atoms with E-state index in [4.69, 9.17) is 0 Å². The summed E-state index contributed by atoms with van der Waals surface area (Å²) in [5.41, 5.74) is 0. The number of carbonyl (C=O) groups excluding carboxylic acids is 2. The van der Waals surface area contributed by atoms with Crippen LogP contribution in [-0.4, -0.2) is 98.6 Å². The standard InChI is InChI=1S/C17H30N5O3/c1-20-4-6-21(7-5-20)17(24)15-2-8-22(9-3-15,13-16(23)19-25)12-14-10-18-11-14/h14-15,18H,2-13H2,1H3/q+1. The number of likely N-dealkylation sites (tertiary alicyclic amines) is 1. The number of nitrogens with one attached hydrogen (secondary N) is 1. The highest BCUT2D eigenvalue weighted by Crippen LogP contribution is 2.28. The van der Waals surface area contributed by atoms with Crippen molar-refractivity contribution >= 4 is 11.8 Å². The van der Waals surface area contributed by atoms with Crippen molar-refractivity contribution in [3.63, 3.8) is 0 Å². The van der Waals surface area contributed by atoms with Crippen molar-refractivity contribution in [2.45, 2.75) is 12.8 Å². The second kappa shape index (κ2) is 7.88. The molecule has 8 heteroatoms. The third-order valence-corrected chi connectivity index (χ3v) is 6.15. The number of quaternary nitrogens is 1. The van der Waals surface area contributed by atoms with E-state index < -0.39 is 5.91 Å². The fraction of sp³-hybridized carbons (Fsp3) is 0.882. The van der Waals surface area contributed by atoms with E-state index in [0.717, 1.165) is 71.7 Å². The van der Waals surface area contributed by atoms with Gasteiger partial charge in [0, 0.05) is 69.1 Å². The van der Waals surface area contributed by atoms with Crippen LogP contribution in [0.15, 0.2) is 5.18 Å². The Labute approximate surface area is 149 Å². The molecule has 2 amide bonds. The van der Waals surface area contributed by atoms with Crippen LogP contribution >= 0.6 is 0 Å². The van der Waals surface area contributed by atoms with Gasteiger partial charge in [-0.1, -0.05) is 0 Å². The van der Waals surface area contributed by atoms with Crippen LogP contribution in [0, 0.1) is 16.7 Å². The molecular weight excluding hydrogens is 322 g/mol. The normalized spacial score (nSPS) is 31.4. The van der Waals surface area contributed by atoms with Gasteiger partial charge in [-0.05, 0) is 7.05 Å². The predicted octanol–water partition coefficient (Wildman–Crippen LogP) is -0.500. The number of nitrogens with zero attached hydrogens (tertiary/aromatic N) is 4. The number of likely N-dealkylation sites (N-methyl/N-ethyl adjacent to an activating group) is 1. The highest BCUT2D eigenvalue weighted by atomic mass is 16.3. The summed E-state index contributed by atoms with van der Waals surface area (Å²) in [7, 11) is 2.08. The van der Waals surface area contributed by atoms with Crippen LogP contribution in [0.3, 0.4) is 0 Å². The average Bonchev–Trinajstić information content (AvgIpc) is 2.59. The van der Waals surface area contributed by atoms with Crippen LogP contribution < -0.4 is 5.32 Å². The van der Waals surface area contributed by atoms with E-state index in [1.807, 2.05) is 4.90 Å². The van der Waals surface area contributed by atoms with Gasteiger partial charge in [0.25, 0.3) is 0 Å². The van der Waals surface area contributed by atoms with E-state index in [9.17, 15) is 14.5 Å². The largest absolute Gasteiger partial charge is 0.340 e. The molecule has 0 unspecified atom stereocenters. The molecule has 0 aromatic heterocycles. The van der Waals surface area contributed by atoms with Crippen molar-refractivity contribution in [3.05, 3.63) is 4.91 Å². The van der Waals surface area contributed by atoms with Gasteiger partial charge in [-0.15, -0.1) is 4.91 Å². The van der Waals surface area contributed by atoms with Crippen molar-refractivity contribution in [3.8, 4) is 0 Å². The minimum Gasteiger partial charge on any atom is -0.340 e. The van der Waals surface area contributed by atoms with Gasteiger partial charge in [0.05, 0.1) is 19.6 Å². The molecule has 0 aromatic rings. The lowest BCUT2D eigenvalue weighted by Gasteiger charge is -2.46. The Bertz CT molecular complexity index is 506. The van der Waals surface area contributed by atoms with Crippen LogP contribution in [0.25, 0.3) is 0 Å². The Morgan fingerprint density at radius 1 is 1.12 bits per heavy atom. The number of hydrogen-bond acceptors (Lipinski definition) is 5. The third kappa shape index (κ3) is 4.43. The number of amides is 2. The molecular formula is C17H30N5O3+. The number of piperazine rings is 1. The fourth-order valence-electron chi connectivity index (χ4n) is 4.39. The van der Waals surface area contributed by atoms with Crippen LogP contribution in [0.2, 0.25) is 0 Å². The maximum atomic E-state index is 12.8. The molecule has 3 saturated heterocycles. The molecule has 3 aliphatic heterocycles. The van der Waals surface area contributed by atoms with E-state index in [0.29, 0.717) is 10.4 Å². The number of nitroso groups, excluding NO2 is 1. The third-order valence-electron chi connectivity index (χ3n) is 6.15. The Kier molecular flexibility index (Phi) is 5.81. The van der Waals surface area contributed by atoms with Crippen LogP contribution in [0.4, 0.5) is 0 Å². The van der Waals surface area contributed by atoms with Gasteiger partial charge >= 0.3 is 5.91 Å². The summed E-state index contributed by atoms with van der Waals surface area (Å²) < 4.78 is 0.628. The lowest BCUT2D eigenvalue weighted by molar-refractivity contribution is -0.929. The van der Waals surface area contributed by atoms with Gasteiger partial charge in [0.15, 0.2) is 6.54 Å². The molecule has 0 aliphatic carbocycles. The summed E-state index contributed by atoms with van der Waals surface area (Å²) in [5.74, 6) is 0.338. The molecule has 3 aliphatic rings. The maximum absolute atomic E-state index is 12.8. The summed E-state index contributed by atoms with van der Waals surface area (Å²) >= 11 is 0. The quantitative estimate of drug-likeness (QED) is 0.533. The molecule has 3 rings (SSSR count). The van der Waals surface area contributed by atoms with E-state index in [-0.39, 0.29) is 18.4 Å². The highest BCUT2D eigenvalue weighted by molar-refractivity contribution is 5.79. The highest BCUT2D eigenvalue weighted by Gasteiger charge is 2.42. The Hall–Kier alpha value is -1.38. The molecule has 0 bridgehead atoms. The molecule has 3 heterocycles. The first-order valence-corrected chi connectivity index (χ1v) is 9.41. The molecule has 0 saturated carbocycles. The summed E-state index contributed by atoms with van der Waals surface area (Å²) in [4.78, 5) is 39.3. The Morgan fingerprint density at radius 3 is 2.28 bits per heavy atom. The van der Waals surface area contributed by atoms with Gasteiger partial charge < -0.3 is 19.6 Å². The molecule has 3 fully saturated rings. The van der Waals surface area contributed by atoms with Crippen LogP contribution in [0.5, 0.6) is 0 Å². The SMILES string of the molecule is CN1CCN(C(=O)C2CC[N+](CC(=O)N=O)(CC3CNC3)CC2)CC1. The monoisotopic (exact) mass is 352 g/mol. The van der Waals surface area contributed by atoms with E-state index in [1.165, 1.54) is 0 Å². The first kappa shape index (κ1) is 18.4. The van der Waals surface area contributed by atoms with Crippen molar-refractivity contribution in [2.75, 3.05) is 72.5 Å². The number of piperidine rings is 1. The Balaban J connectivity index is 1.57. The molecule has 25 heavy (non-hydrogen) atoms. The van der Waals surface area contributed by atoms with Crippen molar-refractivity contribution < 1.29 is 14.1 Å². The van der Waals surface area contributed by atoms with E-state index >= 15 is 0 Å². The molecule has 0 aromatic carbocycles.